The second kappa shape index (κ2) is 9.76. The first-order valence-corrected chi connectivity index (χ1v) is 14.4. The molecule has 0 unspecified atom stereocenters. The van der Waals surface area contributed by atoms with Gasteiger partial charge < -0.3 is 9.80 Å². The minimum atomic E-state index is -0.223. The van der Waals surface area contributed by atoms with Gasteiger partial charge in [0.05, 0.1) is 16.5 Å². The van der Waals surface area contributed by atoms with Crippen LogP contribution in [0.5, 0.6) is 0 Å². The van der Waals surface area contributed by atoms with Crippen LogP contribution in [0.15, 0.2) is 29.1 Å². The molecule has 0 N–H and O–H groups in total. The Morgan fingerprint density at radius 3 is 2.58 bits per heavy atom. The Kier molecular flexibility index (Phi) is 6.42. The maximum atomic E-state index is 13.2. The summed E-state index contributed by atoms with van der Waals surface area (Å²) in [5, 5.41) is 7.08. The van der Waals surface area contributed by atoms with Gasteiger partial charge in [-0.05, 0) is 43.7 Å². The Morgan fingerprint density at radius 2 is 1.84 bits per heavy atom. The number of hydrogen-bond donors (Lipinski definition) is 0. The van der Waals surface area contributed by atoms with Crippen molar-refractivity contribution in [3.05, 3.63) is 56.6 Å². The van der Waals surface area contributed by atoms with Gasteiger partial charge in [-0.1, -0.05) is 39.0 Å². The molecule has 3 aromatic heterocycles. The van der Waals surface area contributed by atoms with Gasteiger partial charge >= 0.3 is 0 Å². The first-order chi connectivity index (χ1) is 18.3. The Bertz CT molecular complexity index is 1600. The molecular formula is C29H34N6O2S. The summed E-state index contributed by atoms with van der Waals surface area (Å²) in [6.07, 6.45) is 3.41. The lowest BCUT2D eigenvalue weighted by Gasteiger charge is -2.36. The molecule has 1 amide bonds. The van der Waals surface area contributed by atoms with Crippen molar-refractivity contribution in [2.45, 2.75) is 59.4 Å². The first kappa shape index (κ1) is 25.0. The van der Waals surface area contributed by atoms with Crippen LogP contribution in [0, 0.1) is 12.8 Å². The smallest absolute Gasteiger partial charge is 0.275 e. The van der Waals surface area contributed by atoms with Crippen molar-refractivity contribution in [2.75, 3.05) is 31.1 Å². The summed E-state index contributed by atoms with van der Waals surface area (Å²) in [5.41, 5.74) is 1.96. The summed E-state index contributed by atoms with van der Waals surface area (Å²) in [6, 6.07) is 7.43. The Morgan fingerprint density at radius 1 is 1.11 bits per heavy atom. The molecule has 0 bridgehead atoms. The number of fused-ring (bicyclic) bond motifs is 4. The van der Waals surface area contributed by atoms with E-state index in [0.29, 0.717) is 37.5 Å². The predicted molar refractivity (Wildman–Crippen MR) is 152 cm³/mol. The maximum absolute atomic E-state index is 13.2. The summed E-state index contributed by atoms with van der Waals surface area (Å²) in [5.74, 6) is 2.79. The van der Waals surface area contributed by atoms with Gasteiger partial charge in [-0.15, -0.1) is 11.3 Å². The molecule has 0 radical (unpaired) electrons. The van der Waals surface area contributed by atoms with Crippen LogP contribution in [-0.2, 0) is 24.2 Å². The number of anilines is 1. The molecule has 0 spiro atoms. The molecule has 9 heteroatoms. The van der Waals surface area contributed by atoms with Gasteiger partial charge in [0.1, 0.15) is 23.0 Å². The lowest BCUT2D eigenvalue weighted by atomic mass is 9.89. The third-order valence-electron chi connectivity index (χ3n) is 7.94. The number of aryl methyl sites for hydroxylation is 2. The molecule has 38 heavy (non-hydrogen) atoms. The van der Waals surface area contributed by atoms with Crippen LogP contribution < -0.4 is 10.5 Å². The van der Waals surface area contributed by atoms with Crippen LogP contribution in [0.3, 0.4) is 0 Å². The van der Waals surface area contributed by atoms with Gasteiger partial charge in [0.2, 0.25) is 5.91 Å². The zero-order valence-electron chi connectivity index (χ0n) is 22.5. The number of hydrogen-bond acceptors (Lipinski definition) is 7. The fraction of sp³-hybridized carbons (Fsp3) is 0.483. The van der Waals surface area contributed by atoms with E-state index in [4.69, 9.17) is 9.97 Å². The fourth-order valence-corrected chi connectivity index (χ4v) is 7.12. The van der Waals surface area contributed by atoms with Gasteiger partial charge in [-0.25, -0.2) is 14.6 Å². The molecule has 6 rings (SSSR count). The number of nitrogens with zero attached hydrogens (tertiary/aromatic N) is 6. The number of benzene rings is 1. The van der Waals surface area contributed by atoms with Gasteiger partial charge in [0.15, 0.2) is 0 Å². The fourth-order valence-electron chi connectivity index (χ4n) is 5.73. The molecular weight excluding hydrogens is 496 g/mol. The van der Waals surface area contributed by atoms with Crippen molar-refractivity contribution in [3.63, 3.8) is 0 Å². The molecule has 1 fully saturated rings. The zero-order chi connectivity index (χ0) is 26.6. The number of piperazine rings is 1. The van der Waals surface area contributed by atoms with Gasteiger partial charge in [-0.3, -0.25) is 9.59 Å². The number of thiophene rings is 1. The first-order valence-electron chi connectivity index (χ1n) is 13.6. The molecule has 8 nitrogen and oxygen atoms in total. The van der Waals surface area contributed by atoms with Crippen molar-refractivity contribution >= 4 is 44.1 Å². The van der Waals surface area contributed by atoms with Gasteiger partial charge in [0.25, 0.3) is 5.56 Å². The number of aromatic nitrogens is 4. The van der Waals surface area contributed by atoms with E-state index in [1.165, 1.54) is 26.9 Å². The summed E-state index contributed by atoms with van der Waals surface area (Å²) < 4.78 is 1.31. The molecule has 1 aliphatic heterocycles. The van der Waals surface area contributed by atoms with Crippen molar-refractivity contribution < 1.29 is 4.79 Å². The highest BCUT2D eigenvalue weighted by atomic mass is 32.1. The van der Waals surface area contributed by atoms with E-state index in [-0.39, 0.29) is 23.9 Å². The standard InChI is InChI=1S/C29H34N6O2S/c1-17(2)26-30-27(25-22-10-9-18(3)15-23(22)38-28(25)31-26)34-13-11-33(12-14-34)24(36)16-35-29(37)21-8-6-5-7-20(21)19(4)32-35/h5-8,17-18H,9-16H2,1-4H3/t18-/m1/s1. The largest absolute Gasteiger partial charge is 0.352 e. The van der Waals surface area contributed by atoms with Gasteiger partial charge in [0, 0.05) is 42.4 Å². The monoisotopic (exact) mass is 530 g/mol. The predicted octanol–water partition coefficient (Wildman–Crippen LogP) is 4.31. The number of carbonyl (C=O) groups excluding carboxylic acids is 1. The summed E-state index contributed by atoms with van der Waals surface area (Å²) in [4.78, 5) is 43.0. The Labute approximate surface area is 226 Å². The Hall–Kier alpha value is -3.33. The van der Waals surface area contributed by atoms with Crippen LogP contribution in [0.25, 0.3) is 21.0 Å². The average Bonchev–Trinajstić information content (AvgIpc) is 3.28. The maximum Gasteiger partial charge on any atom is 0.275 e. The van der Waals surface area contributed by atoms with E-state index in [1.54, 1.807) is 6.07 Å². The summed E-state index contributed by atoms with van der Waals surface area (Å²) in [7, 11) is 0. The van der Waals surface area contributed by atoms with E-state index < -0.39 is 0 Å². The molecule has 4 aromatic rings. The quantitative estimate of drug-likeness (QED) is 0.391. The highest BCUT2D eigenvalue weighted by Crippen LogP contribution is 2.41. The van der Waals surface area contributed by atoms with Crippen LogP contribution in [0.2, 0.25) is 0 Å². The van der Waals surface area contributed by atoms with Gasteiger partial charge in [-0.2, -0.15) is 5.10 Å². The lowest BCUT2D eigenvalue weighted by molar-refractivity contribution is -0.132. The third-order valence-corrected chi connectivity index (χ3v) is 9.09. The minimum Gasteiger partial charge on any atom is -0.352 e. The number of carbonyl (C=O) groups is 1. The molecule has 1 saturated heterocycles. The molecule has 198 valence electrons. The topological polar surface area (TPSA) is 84.2 Å². The molecule has 0 saturated carbocycles. The highest BCUT2D eigenvalue weighted by Gasteiger charge is 2.29. The summed E-state index contributed by atoms with van der Waals surface area (Å²) in [6.45, 7) is 11.0. The second-order valence-corrected chi connectivity index (χ2v) is 12.1. The minimum absolute atomic E-state index is 0.0457. The molecule has 1 atom stereocenters. The zero-order valence-corrected chi connectivity index (χ0v) is 23.3. The SMILES string of the molecule is Cc1nn(CC(=O)N2CCN(c3nc(C(C)C)nc4sc5c(c34)CC[C@@H](C)C5)CC2)c(=O)c2ccccc12. The van der Waals surface area contributed by atoms with E-state index in [0.717, 1.165) is 40.4 Å². The van der Waals surface area contributed by atoms with E-state index in [2.05, 4.69) is 30.8 Å². The van der Waals surface area contributed by atoms with Crippen LogP contribution in [-0.4, -0.2) is 56.7 Å². The molecule has 1 aliphatic carbocycles. The van der Waals surface area contributed by atoms with E-state index in [1.807, 2.05) is 41.4 Å². The van der Waals surface area contributed by atoms with Crippen molar-refractivity contribution in [2.24, 2.45) is 5.92 Å². The van der Waals surface area contributed by atoms with Crippen LogP contribution in [0.4, 0.5) is 5.82 Å². The van der Waals surface area contributed by atoms with Crippen LogP contribution >= 0.6 is 11.3 Å². The van der Waals surface area contributed by atoms with Crippen LogP contribution in [0.1, 0.15) is 55.1 Å². The highest BCUT2D eigenvalue weighted by molar-refractivity contribution is 7.19. The van der Waals surface area contributed by atoms with Crippen molar-refractivity contribution in [3.8, 4) is 0 Å². The van der Waals surface area contributed by atoms with E-state index >= 15 is 0 Å². The van der Waals surface area contributed by atoms with E-state index in [9.17, 15) is 9.59 Å². The molecule has 4 heterocycles. The average molecular weight is 531 g/mol. The van der Waals surface area contributed by atoms with Crippen molar-refractivity contribution in [1.82, 2.24) is 24.6 Å². The summed E-state index contributed by atoms with van der Waals surface area (Å²) >= 11 is 1.84. The normalized spacial score (nSPS) is 18.0. The van der Waals surface area contributed by atoms with Crippen molar-refractivity contribution in [1.29, 1.82) is 0 Å². The number of amides is 1. The third kappa shape index (κ3) is 4.36. The molecule has 2 aliphatic rings. The lowest BCUT2D eigenvalue weighted by Crippen LogP contribution is -2.50. The second-order valence-electron chi connectivity index (χ2n) is 11.1. The number of rotatable bonds is 4. The molecule has 1 aromatic carbocycles. The Balaban J connectivity index is 1.23.